The maximum atomic E-state index is 12.8. The predicted octanol–water partition coefficient (Wildman–Crippen LogP) is 1.75. The van der Waals surface area contributed by atoms with Crippen LogP contribution in [0.1, 0.15) is 18.4 Å². The molecule has 4 aliphatic carbocycles. The van der Waals surface area contributed by atoms with Gasteiger partial charge in [0.1, 0.15) is 0 Å². The van der Waals surface area contributed by atoms with Crippen molar-refractivity contribution >= 4 is 17.7 Å². The summed E-state index contributed by atoms with van der Waals surface area (Å²) in [6.07, 6.45) is 5.67. The van der Waals surface area contributed by atoms with E-state index in [1.54, 1.807) is 0 Å². The summed E-state index contributed by atoms with van der Waals surface area (Å²) in [6.45, 7) is 0.657. The smallest absolute Gasteiger partial charge is 0.233 e. The molecule has 0 radical (unpaired) electrons. The van der Waals surface area contributed by atoms with Gasteiger partial charge in [-0.2, -0.15) is 0 Å². The molecule has 1 aromatic carbocycles. The van der Waals surface area contributed by atoms with Gasteiger partial charge in [-0.3, -0.25) is 19.3 Å². The van der Waals surface area contributed by atoms with Crippen molar-refractivity contribution in [3.8, 4) is 0 Å². The van der Waals surface area contributed by atoms with E-state index >= 15 is 0 Å². The van der Waals surface area contributed by atoms with Crippen molar-refractivity contribution in [2.75, 3.05) is 6.54 Å². The summed E-state index contributed by atoms with van der Waals surface area (Å²) >= 11 is 0. The summed E-state index contributed by atoms with van der Waals surface area (Å²) in [6, 6.07) is 9.69. The van der Waals surface area contributed by atoms with Crippen molar-refractivity contribution in [1.29, 1.82) is 0 Å². The van der Waals surface area contributed by atoms with E-state index in [0.29, 0.717) is 18.4 Å². The second-order valence-electron chi connectivity index (χ2n) is 8.00. The van der Waals surface area contributed by atoms with Gasteiger partial charge in [0.25, 0.3) is 0 Å². The Kier molecular flexibility index (Phi) is 3.52. The Morgan fingerprint density at radius 3 is 2.23 bits per heavy atom. The van der Waals surface area contributed by atoms with E-state index in [-0.39, 0.29) is 54.4 Å². The van der Waals surface area contributed by atoms with E-state index in [1.165, 1.54) is 4.90 Å². The van der Waals surface area contributed by atoms with Gasteiger partial charge in [0.15, 0.2) is 0 Å². The van der Waals surface area contributed by atoms with Gasteiger partial charge < -0.3 is 5.32 Å². The zero-order chi connectivity index (χ0) is 17.8. The van der Waals surface area contributed by atoms with Gasteiger partial charge in [-0.15, -0.1) is 0 Å². The third-order valence-electron chi connectivity index (χ3n) is 6.65. The number of allylic oxidation sites excluding steroid dienone is 2. The number of rotatable bonds is 5. The Bertz CT molecular complexity index is 767. The monoisotopic (exact) mass is 350 g/mol. The Hall–Kier alpha value is -2.43. The SMILES string of the molecule is O=C(CCN1C(=O)[C@H]2[C@@H]3C=C[C@@H]([C@H]4C[C@H]34)[C@@H]2C1=O)NCc1ccccc1. The topological polar surface area (TPSA) is 66.5 Å². The summed E-state index contributed by atoms with van der Waals surface area (Å²) in [4.78, 5) is 39.2. The molecule has 2 bridgehead atoms. The summed E-state index contributed by atoms with van der Waals surface area (Å²) in [5.74, 6) is 1.11. The number of carbonyl (C=O) groups is 3. The summed E-state index contributed by atoms with van der Waals surface area (Å²) < 4.78 is 0. The van der Waals surface area contributed by atoms with Crippen LogP contribution in [0.25, 0.3) is 0 Å². The molecule has 6 rings (SSSR count). The lowest BCUT2D eigenvalue weighted by molar-refractivity contribution is -0.140. The van der Waals surface area contributed by atoms with Crippen LogP contribution < -0.4 is 5.32 Å². The van der Waals surface area contributed by atoms with Crippen molar-refractivity contribution in [2.45, 2.75) is 19.4 Å². The molecular formula is C21H22N2O3. The minimum Gasteiger partial charge on any atom is -0.352 e. The molecule has 26 heavy (non-hydrogen) atoms. The van der Waals surface area contributed by atoms with Crippen LogP contribution in [0.4, 0.5) is 0 Å². The molecule has 134 valence electrons. The average molecular weight is 350 g/mol. The molecule has 1 aliphatic heterocycles. The fourth-order valence-electron chi connectivity index (χ4n) is 5.34. The number of likely N-dealkylation sites (tertiary alicyclic amines) is 1. The highest BCUT2D eigenvalue weighted by atomic mass is 16.2. The fourth-order valence-corrected chi connectivity index (χ4v) is 5.34. The van der Waals surface area contributed by atoms with Gasteiger partial charge >= 0.3 is 0 Å². The molecule has 1 saturated heterocycles. The second-order valence-corrected chi connectivity index (χ2v) is 8.00. The van der Waals surface area contributed by atoms with Crippen LogP contribution in [-0.2, 0) is 20.9 Å². The van der Waals surface area contributed by atoms with E-state index in [2.05, 4.69) is 17.5 Å². The molecule has 5 aliphatic rings. The minimum atomic E-state index is -0.173. The Morgan fingerprint density at radius 2 is 1.62 bits per heavy atom. The molecule has 6 atom stereocenters. The summed E-state index contributed by atoms with van der Waals surface area (Å²) in [7, 11) is 0. The van der Waals surface area contributed by atoms with Gasteiger partial charge in [-0.05, 0) is 35.7 Å². The average Bonchev–Trinajstić information content (AvgIpc) is 3.45. The van der Waals surface area contributed by atoms with E-state index in [0.717, 1.165) is 12.0 Å². The van der Waals surface area contributed by atoms with Gasteiger partial charge in [0, 0.05) is 19.5 Å². The summed E-state index contributed by atoms with van der Waals surface area (Å²) in [5, 5.41) is 2.86. The standard InChI is InChI=1S/C21H22N2O3/c24-17(22-11-12-4-2-1-3-5-12)8-9-23-20(25)18-13-6-7-14(16-10-15(13)16)19(18)21(23)26/h1-7,13-16,18-19H,8-11H2,(H,22,24)/t13-,14+,15-,16-,18+,19+/m1/s1. The number of hydrogen-bond acceptors (Lipinski definition) is 3. The largest absolute Gasteiger partial charge is 0.352 e. The van der Waals surface area contributed by atoms with Crippen LogP contribution in [0.5, 0.6) is 0 Å². The van der Waals surface area contributed by atoms with Crippen molar-refractivity contribution in [3.05, 3.63) is 48.0 Å². The molecule has 3 amide bonds. The molecule has 3 fully saturated rings. The number of hydrogen-bond donors (Lipinski definition) is 1. The first kappa shape index (κ1) is 15.8. The number of benzene rings is 1. The second kappa shape index (κ2) is 5.79. The quantitative estimate of drug-likeness (QED) is 0.650. The molecule has 0 aromatic heterocycles. The predicted molar refractivity (Wildman–Crippen MR) is 94.3 cm³/mol. The first-order valence-corrected chi connectivity index (χ1v) is 9.49. The lowest BCUT2D eigenvalue weighted by atomic mass is 9.63. The lowest BCUT2D eigenvalue weighted by Gasteiger charge is -2.37. The molecule has 1 heterocycles. The first-order valence-electron chi connectivity index (χ1n) is 9.49. The molecule has 2 saturated carbocycles. The minimum absolute atomic E-state index is 0.0550. The van der Waals surface area contributed by atoms with Crippen LogP contribution in [0, 0.1) is 35.5 Å². The number of nitrogens with zero attached hydrogens (tertiary/aromatic N) is 1. The highest BCUT2D eigenvalue weighted by molar-refractivity contribution is 6.06. The third-order valence-corrected chi connectivity index (χ3v) is 6.65. The summed E-state index contributed by atoms with van der Waals surface area (Å²) in [5.41, 5.74) is 1.03. The van der Waals surface area contributed by atoms with E-state index in [1.807, 2.05) is 30.3 Å². The maximum Gasteiger partial charge on any atom is 0.233 e. The van der Waals surface area contributed by atoms with Crippen LogP contribution in [0.2, 0.25) is 0 Å². The van der Waals surface area contributed by atoms with Gasteiger partial charge in [-0.1, -0.05) is 42.5 Å². The molecule has 5 heteroatoms. The molecule has 1 N–H and O–H groups in total. The van der Waals surface area contributed by atoms with Gasteiger partial charge in [0.05, 0.1) is 11.8 Å². The van der Waals surface area contributed by atoms with Crippen molar-refractivity contribution < 1.29 is 14.4 Å². The first-order chi connectivity index (χ1) is 12.6. The van der Waals surface area contributed by atoms with Gasteiger partial charge in [-0.25, -0.2) is 0 Å². The molecule has 0 unspecified atom stereocenters. The highest BCUT2D eigenvalue weighted by Crippen LogP contribution is 2.65. The van der Waals surface area contributed by atoms with E-state index < -0.39 is 0 Å². The van der Waals surface area contributed by atoms with Crippen molar-refractivity contribution in [3.63, 3.8) is 0 Å². The third kappa shape index (κ3) is 2.33. The van der Waals surface area contributed by atoms with Crippen LogP contribution >= 0.6 is 0 Å². The normalized spacial score (nSPS) is 36.1. The number of amides is 3. The fraction of sp³-hybridized carbons (Fsp3) is 0.476. The molecular weight excluding hydrogens is 328 g/mol. The van der Waals surface area contributed by atoms with Crippen LogP contribution in [0.3, 0.4) is 0 Å². The highest BCUT2D eigenvalue weighted by Gasteiger charge is 2.66. The number of nitrogens with one attached hydrogen (secondary N) is 1. The van der Waals surface area contributed by atoms with Gasteiger partial charge in [0.2, 0.25) is 17.7 Å². The van der Waals surface area contributed by atoms with Crippen molar-refractivity contribution in [2.24, 2.45) is 35.5 Å². The number of imide groups is 1. The van der Waals surface area contributed by atoms with Crippen molar-refractivity contribution in [1.82, 2.24) is 10.2 Å². The van der Waals surface area contributed by atoms with E-state index in [9.17, 15) is 14.4 Å². The zero-order valence-corrected chi connectivity index (χ0v) is 14.5. The Balaban J connectivity index is 1.20. The molecule has 5 nitrogen and oxygen atoms in total. The molecule has 0 spiro atoms. The molecule has 1 aromatic rings. The van der Waals surface area contributed by atoms with Crippen LogP contribution in [-0.4, -0.2) is 29.2 Å². The zero-order valence-electron chi connectivity index (χ0n) is 14.5. The van der Waals surface area contributed by atoms with E-state index in [4.69, 9.17) is 0 Å². The maximum absolute atomic E-state index is 12.8. The number of carbonyl (C=O) groups excluding carboxylic acids is 3. The Morgan fingerprint density at radius 1 is 1.00 bits per heavy atom. The Labute approximate surface area is 152 Å². The van der Waals surface area contributed by atoms with Crippen LogP contribution in [0.15, 0.2) is 42.5 Å². The lowest BCUT2D eigenvalue weighted by Crippen LogP contribution is -2.40.